The summed E-state index contributed by atoms with van der Waals surface area (Å²) in [5.41, 5.74) is 0. The van der Waals surface area contributed by atoms with E-state index in [4.69, 9.17) is 25.5 Å². The summed E-state index contributed by atoms with van der Waals surface area (Å²) < 4.78 is 3.40. The van der Waals surface area contributed by atoms with Gasteiger partial charge in [-0.15, -0.1) is 0 Å². The van der Waals surface area contributed by atoms with Gasteiger partial charge in [0.25, 0.3) is 12.1 Å². The van der Waals surface area contributed by atoms with E-state index in [1.165, 1.54) is 0 Å². The summed E-state index contributed by atoms with van der Waals surface area (Å²) in [5, 5.41) is 54.2. The predicted molar refractivity (Wildman–Crippen MR) is 42.6 cm³/mol. The summed E-state index contributed by atoms with van der Waals surface area (Å²) in [6.07, 6.45) is -10.7. The van der Waals surface area contributed by atoms with Gasteiger partial charge in [0, 0.05) is 0 Å². The summed E-state index contributed by atoms with van der Waals surface area (Å²) in [7, 11) is 0. The van der Waals surface area contributed by atoms with Gasteiger partial charge in [-0.25, -0.2) is 0 Å². The van der Waals surface area contributed by atoms with E-state index < -0.39 is 43.1 Å². The van der Waals surface area contributed by atoms with Gasteiger partial charge in [-0.1, -0.05) is 0 Å². The molecule has 0 saturated heterocycles. The molecule has 4 atom stereocenters. The Hall–Kier alpha value is -0.260. The molecule has 0 aliphatic heterocycles. The van der Waals surface area contributed by atoms with Gasteiger partial charge in [-0.05, 0) is 0 Å². The molecule has 10 heteroatoms. The van der Waals surface area contributed by atoms with Gasteiger partial charge in [-0.3, -0.25) is 4.79 Å². The Balaban J connectivity index is 0. The molecule has 0 rings (SSSR count). The van der Waals surface area contributed by atoms with Crippen molar-refractivity contribution in [2.24, 2.45) is 0 Å². The average Bonchev–Trinajstić information content (AvgIpc) is 2.23. The molecule has 0 radical (unpaired) electrons. The summed E-state index contributed by atoms with van der Waals surface area (Å²) in [6, 6.07) is 0. The molecular weight excluding hydrogens is 251 g/mol. The molecule has 0 fully saturated rings. The third kappa shape index (κ3) is 6.29. The number of carbonyl (C=O) groups excluding carboxylic acids is 2. The Morgan fingerprint density at radius 3 is 1.94 bits per heavy atom. The van der Waals surface area contributed by atoms with E-state index in [1.54, 1.807) is 0 Å². The largest absolute Gasteiger partial charge is 1.00 e. The van der Waals surface area contributed by atoms with Gasteiger partial charge in [0.1, 0.15) is 18.3 Å². The number of aliphatic hydroxyl groups excluding tert-OH is 5. The van der Waals surface area contributed by atoms with Crippen LogP contribution in [0.1, 0.15) is 0 Å². The smallest absolute Gasteiger partial charge is 0.482 e. The van der Waals surface area contributed by atoms with Gasteiger partial charge in [0.05, 0.1) is 6.61 Å². The summed E-state index contributed by atoms with van der Waals surface area (Å²) in [5.74, 6) is -1.77. The van der Waals surface area contributed by atoms with E-state index in [9.17, 15) is 14.7 Å². The van der Waals surface area contributed by atoms with Crippen molar-refractivity contribution in [1.29, 1.82) is 0 Å². The molecule has 17 heavy (non-hydrogen) atoms. The molecule has 0 spiro atoms. The first-order valence-corrected chi connectivity index (χ1v) is 4.07. The second-order valence-corrected chi connectivity index (χ2v) is 2.85. The van der Waals surface area contributed by atoms with E-state index in [0.717, 1.165) is 0 Å². The van der Waals surface area contributed by atoms with Crippen LogP contribution in [-0.4, -0.2) is 68.7 Å². The molecule has 0 amide bonds. The fourth-order valence-corrected chi connectivity index (χ4v) is 0.804. The van der Waals surface area contributed by atoms with Crippen LogP contribution >= 0.6 is 0 Å². The number of aliphatic hydroxyl groups is 5. The second kappa shape index (κ2) is 8.78. The van der Waals surface area contributed by atoms with Crippen LogP contribution in [0, 0.1) is 0 Å². The first-order valence-electron chi connectivity index (χ1n) is 4.07. The molecule has 0 aromatic carbocycles. The van der Waals surface area contributed by atoms with Crippen LogP contribution in [0.4, 0.5) is 4.79 Å². The standard InChI is InChI=1S/C7H12O9.Na/c8-1-2(9)3(10)4(11)5(12)6(13)16-7(14)15;/h2-5,8-12H,1H2,(H,14,15);/q;+1/p-1/t2-,3-,4+,5-;/m1./s1. The Bertz CT molecular complexity index is 258. The molecule has 0 bridgehead atoms. The molecule has 5 N–H and O–H groups in total. The second-order valence-electron chi connectivity index (χ2n) is 2.85. The third-order valence-corrected chi connectivity index (χ3v) is 1.68. The SMILES string of the molecule is O=C([O-])OC(=O)[C@H](O)[C@@H](O)[C@H](O)[C@H](O)CO.[Na+]. The zero-order chi connectivity index (χ0) is 12.9. The van der Waals surface area contributed by atoms with E-state index in [2.05, 4.69) is 4.74 Å². The summed E-state index contributed by atoms with van der Waals surface area (Å²) in [6.45, 7) is -0.930. The van der Waals surface area contributed by atoms with Crippen molar-refractivity contribution in [3.05, 3.63) is 0 Å². The van der Waals surface area contributed by atoms with Crippen molar-refractivity contribution in [1.82, 2.24) is 0 Å². The number of esters is 1. The van der Waals surface area contributed by atoms with Crippen molar-refractivity contribution < 1.29 is 74.5 Å². The van der Waals surface area contributed by atoms with Crippen molar-refractivity contribution in [3.8, 4) is 0 Å². The van der Waals surface area contributed by atoms with Crippen molar-refractivity contribution in [3.63, 3.8) is 0 Å². The fraction of sp³-hybridized carbons (Fsp3) is 0.714. The quantitative estimate of drug-likeness (QED) is 0.183. The zero-order valence-corrected chi connectivity index (χ0v) is 10.9. The van der Waals surface area contributed by atoms with Gasteiger partial charge >= 0.3 is 29.6 Å². The molecule has 0 aromatic heterocycles. The van der Waals surface area contributed by atoms with Crippen LogP contribution in [0.3, 0.4) is 0 Å². The topological polar surface area (TPSA) is 168 Å². The summed E-state index contributed by atoms with van der Waals surface area (Å²) >= 11 is 0. The Kier molecular flexibility index (Phi) is 9.85. The Labute approximate surface area is 118 Å². The van der Waals surface area contributed by atoms with Crippen LogP contribution in [0.25, 0.3) is 0 Å². The normalized spacial score (nSPS) is 17.2. The molecule has 0 unspecified atom stereocenters. The number of hydrogen-bond acceptors (Lipinski definition) is 9. The van der Waals surface area contributed by atoms with E-state index >= 15 is 0 Å². The number of rotatable bonds is 5. The third-order valence-electron chi connectivity index (χ3n) is 1.68. The number of carboxylic acid groups (broad SMARTS) is 1. The molecule has 0 aromatic rings. The van der Waals surface area contributed by atoms with E-state index in [1.807, 2.05) is 0 Å². The number of hydrogen-bond donors (Lipinski definition) is 5. The first-order chi connectivity index (χ1) is 7.31. The van der Waals surface area contributed by atoms with Crippen LogP contribution in [0.15, 0.2) is 0 Å². The molecule has 0 aliphatic rings. The van der Waals surface area contributed by atoms with Gasteiger partial charge < -0.3 is 40.2 Å². The predicted octanol–water partition coefficient (Wildman–Crippen LogP) is -7.69. The molecule has 0 heterocycles. The van der Waals surface area contributed by atoms with Crippen LogP contribution < -0.4 is 34.7 Å². The van der Waals surface area contributed by atoms with Crippen LogP contribution in [0.2, 0.25) is 0 Å². The zero-order valence-electron chi connectivity index (χ0n) is 8.89. The molecular formula is C7H11NaO9. The van der Waals surface area contributed by atoms with Crippen molar-refractivity contribution >= 4 is 12.1 Å². The maximum atomic E-state index is 10.7. The Morgan fingerprint density at radius 2 is 1.59 bits per heavy atom. The van der Waals surface area contributed by atoms with Crippen molar-refractivity contribution in [2.45, 2.75) is 24.4 Å². The number of carbonyl (C=O) groups is 2. The van der Waals surface area contributed by atoms with E-state index in [0.29, 0.717) is 0 Å². The number of ether oxygens (including phenoxy) is 1. The van der Waals surface area contributed by atoms with Gasteiger partial charge in [0.15, 0.2) is 6.10 Å². The average molecular weight is 262 g/mol. The van der Waals surface area contributed by atoms with Crippen molar-refractivity contribution in [2.75, 3.05) is 6.61 Å². The molecule has 0 saturated carbocycles. The minimum Gasteiger partial charge on any atom is -0.482 e. The van der Waals surface area contributed by atoms with Gasteiger partial charge in [0.2, 0.25) is 0 Å². The first kappa shape index (κ1) is 19.1. The minimum atomic E-state index is -2.39. The molecule has 94 valence electrons. The molecule has 0 aliphatic carbocycles. The van der Waals surface area contributed by atoms with Crippen LogP contribution in [-0.2, 0) is 9.53 Å². The van der Waals surface area contributed by atoms with Gasteiger partial charge in [-0.2, -0.15) is 0 Å². The minimum absolute atomic E-state index is 0. The molecule has 9 nitrogen and oxygen atoms in total. The monoisotopic (exact) mass is 262 g/mol. The van der Waals surface area contributed by atoms with Crippen LogP contribution in [0.5, 0.6) is 0 Å². The summed E-state index contributed by atoms with van der Waals surface area (Å²) in [4.78, 5) is 20.5. The maximum Gasteiger partial charge on any atom is 1.00 e. The Morgan fingerprint density at radius 1 is 1.12 bits per heavy atom. The fourth-order valence-electron chi connectivity index (χ4n) is 0.804. The maximum absolute atomic E-state index is 10.7. The van der Waals surface area contributed by atoms with E-state index in [-0.39, 0.29) is 29.6 Å².